The number of aliphatic hydroxyl groups is 3. The summed E-state index contributed by atoms with van der Waals surface area (Å²) in [6, 6.07) is 3.59. The quantitative estimate of drug-likeness (QED) is 0.0238. The van der Waals surface area contributed by atoms with Crippen LogP contribution in [0.25, 0.3) is 0 Å². The van der Waals surface area contributed by atoms with Gasteiger partial charge in [0.25, 0.3) is 5.91 Å². The normalized spacial score (nSPS) is 20.2. The summed E-state index contributed by atoms with van der Waals surface area (Å²) in [5, 5.41) is 34.3. The predicted octanol–water partition coefficient (Wildman–Crippen LogP) is 2.71. The molecule has 1 saturated heterocycles. The van der Waals surface area contributed by atoms with Gasteiger partial charge in [-0.2, -0.15) is 0 Å². The van der Waals surface area contributed by atoms with Gasteiger partial charge in [0.1, 0.15) is 31.0 Å². The van der Waals surface area contributed by atoms with Gasteiger partial charge < -0.3 is 44.1 Å². The van der Waals surface area contributed by atoms with Crippen LogP contribution in [0.2, 0.25) is 0 Å². The number of carbonyl (C=O) groups is 3. The monoisotopic (exact) mass is 1160 g/mol. The second-order valence-corrected chi connectivity index (χ2v) is 18.8. The minimum atomic E-state index is -4.98. The van der Waals surface area contributed by atoms with Crippen molar-refractivity contribution >= 4 is 95.7 Å². The maximum Gasteiger partial charge on any atom is 1.00 e. The van der Waals surface area contributed by atoms with Crippen molar-refractivity contribution in [2.24, 2.45) is 0 Å². The number of amides is 1. The molecule has 6 unspecified atom stereocenters. The van der Waals surface area contributed by atoms with E-state index in [1.54, 1.807) is 6.07 Å². The molecule has 1 amide bonds. The molecule has 1 aliphatic rings. The largest absolute Gasteiger partial charge is 1.00 e. The van der Waals surface area contributed by atoms with E-state index in [-0.39, 0.29) is 48.9 Å². The van der Waals surface area contributed by atoms with Gasteiger partial charge in [-0.3, -0.25) is 14.4 Å². The number of benzene rings is 1. The Morgan fingerprint density at radius 2 is 1.39 bits per heavy atom. The number of unbranched alkanes of at least 4 members (excludes halogenated alkanes) is 14. The molecule has 1 aromatic rings. The summed E-state index contributed by atoms with van der Waals surface area (Å²) >= 11 is 6.22. The number of rotatable bonds is 28. The molecule has 0 bridgehead atoms. The van der Waals surface area contributed by atoms with Gasteiger partial charge in [-0.05, 0) is 86.3 Å². The first-order valence-electron chi connectivity index (χ1n) is 19.2. The molecule has 4 N–H and O–H groups in total. The average molecular weight is 1160 g/mol. The Bertz CT molecular complexity index is 1430. The summed E-state index contributed by atoms with van der Waals surface area (Å²) in [4.78, 5) is 37.5. The molecule has 6 atom stereocenters. The number of aliphatic hydroxyl groups excluding tert-OH is 3. The third kappa shape index (κ3) is 22.9. The Kier molecular flexibility index (Phi) is 29.7. The molecular formula is C37H57I3NNaO13S. The van der Waals surface area contributed by atoms with E-state index in [1.165, 1.54) is 70.6 Å². The first-order chi connectivity index (χ1) is 26.1. The van der Waals surface area contributed by atoms with Crippen molar-refractivity contribution in [1.82, 2.24) is 5.32 Å². The number of carbonyl (C=O) groups excluding carboxylic acids is 3. The summed E-state index contributed by atoms with van der Waals surface area (Å²) in [6.07, 6.45) is 7.51. The van der Waals surface area contributed by atoms with E-state index in [1.807, 2.05) is 28.7 Å². The number of halogens is 3. The summed E-state index contributed by atoms with van der Waals surface area (Å²) < 4.78 is 58.4. The van der Waals surface area contributed by atoms with Crippen LogP contribution in [0, 0.1) is 10.7 Å². The van der Waals surface area contributed by atoms with Gasteiger partial charge in [0.2, 0.25) is 0 Å². The Hall–Kier alpha value is 0.530. The SMILES string of the molecule is CCCCCCCCCCCCCCCCCC(=O)OCC(O)COC1OC(CS(=O)(=O)[O-])C(OC(=O)CCNC(=O)c2cc(I)cc(I)c2I)C(O)C1O.[Na+]. The molecule has 2 rings (SSSR count). The summed E-state index contributed by atoms with van der Waals surface area (Å²) in [6.45, 7) is 1.11. The Balaban J connectivity index is 0.0000157. The Labute approximate surface area is 394 Å². The average Bonchev–Trinajstić information content (AvgIpc) is 3.12. The molecule has 1 aliphatic heterocycles. The number of ether oxygens (including phenoxy) is 4. The van der Waals surface area contributed by atoms with Crippen LogP contribution in [0.5, 0.6) is 0 Å². The van der Waals surface area contributed by atoms with Crippen molar-refractivity contribution in [2.45, 2.75) is 153 Å². The third-order valence-electron chi connectivity index (χ3n) is 9.00. The zero-order chi connectivity index (χ0) is 40.8. The first kappa shape index (κ1) is 54.5. The molecule has 0 spiro atoms. The van der Waals surface area contributed by atoms with Gasteiger partial charge in [0.15, 0.2) is 12.4 Å². The number of hydrogen-bond donors (Lipinski definition) is 4. The second-order valence-electron chi connectivity index (χ2n) is 13.8. The maximum atomic E-state index is 12.7. The van der Waals surface area contributed by atoms with Crippen LogP contribution >= 0.6 is 67.8 Å². The molecule has 1 heterocycles. The molecule has 1 fully saturated rings. The Morgan fingerprint density at radius 3 is 1.95 bits per heavy atom. The molecule has 1 aromatic carbocycles. The van der Waals surface area contributed by atoms with Crippen molar-refractivity contribution in [3.8, 4) is 0 Å². The molecular weight excluding hydrogens is 1100 g/mol. The second kappa shape index (κ2) is 30.5. The fraction of sp³-hybridized carbons (Fsp3) is 0.757. The molecule has 0 saturated carbocycles. The molecule has 316 valence electrons. The van der Waals surface area contributed by atoms with E-state index in [4.69, 9.17) is 18.9 Å². The molecule has 0 aromatic heterocycles. The first-order valence-corrected chi connectivity index (χ1v) is 24.0. The van der Waals surface area contributed by atoms with Crippen LogP contribution in [0.4, 0.5) is 0 Å². The van der Waals surface area contributed by atoms with Crippen molar-refractivity contribution in [2.75, 3.05) is 25.5 Å². The predicted molar refractivity (Wildman–Crippen MR) is 229 cm³/mol. The topological polar surface area (TPSA) is 218 Å². The van der Waals surface area contributed by atoms with Crippen molar-refractivity contribution < 1.29 is 91.2 Å². The van der Waals surface area contributed by atoms with Gasteiger partial charge in [-0.25, -0.2) is 8.42 Å². The van der Waals surface area contributed by atoms with Gasteiger partial charge in [-0.1, -0.05) is 96.8 Å². The van der Waals surface area contributed by atoms with Gasteiger partial charge in [0.05, 0.1) is 34.5 Å². The fourth-order valence-corrected chi connectivity index (χ4v) is 9.06. The smallest absolute Gasteiger partial charge is 0.748 e. The zero-order valence-electron chi connectivity index (χ0n) is 32.4. The number of esters is 2. The molecule has 0 aliphatic carbocycles. The van der Waals surface area contributed by atoms with Gasteiger partial charge >= 0.3 is 41.5 Å². The number of nitrogens with one attached hydrogen (secondary N) is 1. The van der Waals surface area contributed by atoms with E-state index in [0.717, 1.165) is 30.0 Å². The molecule has 56 heavy (non-hydrogen) atoms. The van der Waals surface area contributed by atoms with Crippen LogP contribution in [-0.4, -0.2) is 108 Å². The molecule has 19 heteroatoms. The minimum absolute atomic E-state index is 0. The third-order valence-corrected chi connectivity index (χ3v) is 13.4. The zero-order valence-corrected chi connectivity index (χ0v) is 41.7. The van der Waals surface area contributed by atoms with E-state index < -0.39 is 83.7 Å². The van der Waals surface area contributed by atoms with Crippen LogP contribution in [0.15, 0.2) is 12.1 Å². The van der Waals surface area contributed by atoms with Crippen LogP contribution in [-0.2, 0) is 38.7 Å². The van der Waals surface area contributed by atoms with Crippen LogP contribution < -0.4 is 34.9 Å². The Morgan fingerprint density at radius 1 is 0.839 bits per heavy atom. The van der Waals surface area contributed by atoms with Crippen LogP contribution in [0.1, 0.15) is 126 Å². The summed E-state index contributed by atoms with van der Waals surface area (Å²) in [5.74, 6) is -3.12. The van der Waals surface area contributed by atoms with Crippen molar-refractivity contribution in [3.63, 3.8) is 0 Å². The minimum Gasteiger partial charge on any atom is -0.748 e. The van der Waals surface area contributed by atoms with Gasteiger partial charge in [0, 0.05) is 23.7 Å². The number of hydrogen-bond acceptors (Lipinski definition) is 13. The summed E-state index contributed by atoms with van der Waals surface area (Å²) in [5.41, 5.74) is 0.412. The molecule has 0 radical (unpaired) electrons. The van der Waals surface area contributed by atoms with Crippen molar-refractivity contribution in [1.29, 1.82) is 0 Å². The van der Waals surface area contributed by atoms with E-state index in [0.29, 0.717) is 12.0 Å². The standard InChI is InChI=1S/C37H58I3NO13S.Na/c1-2-3-4-5-6-7-8-9-10-11-12-13-14-15-16-17-30(43)51-22-26(42)23-52-37-34(46)33(45)35(29(53-37)24-55(48,49)50)54-31(44)18-19-41-36(47)27-20-25(38)21-28(39)32(27)40;/h20-21,26,29,33-35,37,42,45-46H,2-19,22-24H2,1H3,(H,41,47)(H,48,49,50);/q;+1/p-1. The maximum absolute atomic E-state index is 12.7. The van der Waals surface area contributed by atoms with Crippen LogP contribution in [0.3, 0.4) is 0 Å². The fourth-order valence-electron chi connectivity index (χ4n) is 5.99. The summed E-state index contributed by atoms with van der Waals surface area (Å²) in [7, 11) is -4.98. The van der Waals surface area contributed by atoms with Crippen molar-refractivity contribution in [3.05, 3.63) is 28.4 Å². The van der Waals surface area contributed by atoms with E-state index in [2.05, 4.69) is 57.4 Å². The van der Waals surface area contributed by atoms with E-state index >= 15 is 0 Å². The van der Waals surface area contributed by atoms with E-state index in [9.17, 15) is 42.7 Å². The molecule has 14 nitrogen and oxygen atoms in total. The van der Waals surface area contributed by atoms with Gasteiger partial charge in [-0.15, -0.1) is 0 Å².